The minimum atomic E-state index is -4.56. The summed E-state index contributed by atoms with van der Waals surface area (Å²) in [7, 11) is 2.94. The van der Waals surface area contributed by atoms with Crippen molar-refractivity contribution in [2.24, 2.45) is 0 Å². The molecule has 180 valence electrons. The second-order valence-corrected chi connectivity index (χ2v) is 8.21. The fraction of sp³-hybridized carbons (Fsp3) is 0.333. The lowest BCUT2D eigenvalue weighted by Crippen LogP contribution is -2.36. The molecule has 0 saturated heterocycles. The van der Waals surface area contributed by atoms with E-state index in [1.165, 1.54) is 14.2 Å². The fourth-order valence-electron chi connectivity index (χ4n) is 4.03. The van der Waals surface area contributed by atoms with E-state index < -0.39 is 24.2 Å². The molecule has 0 spiro atoms. The Morgan fingerprint density at radius 1 is 1.09 bits per heavy atom. The van der Waals surface area contributed by atoms with Gasteiger partial charge >= 0.3 is 6.18 Å². The SMILES string of the molecule is COc1ccc([C@@H]2C[C@@H](C(F)(F)F)n3ncc(C(=O)Nc4ccc(C)c(C)c4)c3N2)cc1OC. The van der Waals surface area contributed by atoms with Gasteiger partial charge in [-0.1, -0.05) is 12.1 Å². The highest BCUT2D eigenvalue weighted by Gasteiger charge is 2.47. The number of ether oxygens (including phenoxy) is 2. The molecule has 2 atom stereocenters. The zero-order valence-electron chi connectivity index (χ0n) is 19.2. The zero-order valence-corrected chi connectivity index (χ0v) is 19.2. The van der Waals surface area contributed by atoms with Crippen LogP contribution in [-0.4, -0.2) is 36.1 Å². The largest absolute Gasteiger partial charge is 0.493 e. The summed E-state index contributed by atoms with van der Waals surface area (Å²) in [6, 6.07) is 7.73. The van der Waals surface area contributed by atoms with Gasteiger partial charge in [0, 0.05) is 12.1 Å². The molecule has 1 aromatic heterocycles. The predicted octanol–water partition coefficient (Wildman–Crippen LogP) is 5.43. The number of methoxy groups -OCH3 is 2. The Labute approximate surface area is 194 Å². The molecule has 0 bridgehead atoms. The minimum absolute atomic E-state index is 0.00898. The standard InChI is InChI=1S/C24H25F3N4O3/c1-13-5-7-16(9-14(13)2)29-23(32)17-12-28-31-21(24(25,26)27)11-18(30-22(17)31)15-6-8-19(33-3)20(10-15)34-4/h5-10,12,18,21,30H,11H2,1-4H3,(H,29,32)/t18-,21-/m0/s1. The summed E-state index contributed by atoms with van der Waals surface area (Å²) in [4.78, 5) is 13.0. The molecule has 0 saturated carbocycles. The van der Waals surface area contributed by atoms with Gasteiger partial charge in [0.1, 0.15) is 11.4 Å². The average molecular weight is 474 g/mol. The lowest BCUT2D eigenvalue weighted by Gasteiger charge is -2.34. The van der Waals surface area contributed by atoms with Gasteiger partial charge in [-0.05, 0) is 54.8 Å². The van der Waals surface area contributed by atoms with Crippen molar-refractivity contribution in [1.29, 1.82) is 0 Å². The van der Waals surface area contributed by atoms with Crippen LogP contribution >= 0.6 is 0 Å². The Morgan fingerprint density at radius 3 is 2.47 bits per heavy atom. The van der Waals surface area contributed by atoms with Gasteiger partial charge in [-0.15, -0.1) is 0 Å². The van der Waals surface area contributed by atoms with Crippen molar-refractivity contribution in [3.63, 3.8) is 0 Å². The third kappa shape index (κ3) is 4.40. The lowest BCUT2D eigenvalue weighted by molar-refractivity contribution is -0.173. The smallest absolute Gasteiger partial charge is 0.410 e. The Hall–Kier alpha value is -3.69. The van der Waals surface area contributed by atoms with Gasteiger partial charge in [0.2, 0.25) is 0 Å². The number of amides is 1. The number of benzene rings is 2. The summed E-state index contributed by atoms with van der Waals surface area (Å²) in [5.74, 6) is 0.325. The number of hydrogen-bond donors (Lipinski definition) is 2. The molecule has 1 aliphatic heterocycles. The molecular formula is C24H25F3N4O3. The van der Waals surface area contributed by atoms with E-state index in [1.807, 2.05) is 26.0 Å². The van der Waals surface area contributed by atoms with E-state index in [0.29, 0.717) is 22.7 Å². The summed E-state index contributed by atoms with van der Waals surface area (Å²) < 4.78 is 53.3. The number of alkyl halides is 3. The quantitative estimate of drug-likeness (QED) is 0.516. The van der Waals surface area contributed by atoms with E-state index in [9.17, 15) is 18.0 Å². The van der Waals surface area contributed by atoms with Crippen LogP contribution in [0.4, 0.5) is 24.7 Å². The van der Waals surface area contributed by atoms with Crippen molar-refractivity contribution in [3.8, 4) is 11.5 Å². The van der Waals surface area contributed by atoms with Crippen molar-refractivity contribution in [3.05, 3.63) is 64.8 Å². The van der Waals surface area contributed by atoms with Crippen molar-refractivity contribution in [2.75, 3.05) is 24.9 Å². The zero-order chi connectivity index (χ0) is 24.6. The van der Waals surface area contributed by atoms with Crippen LogP contribution in [-0.2, 0) is 0 Å². The van der Waals surface area contributed by atoms with Crippen LogP contribution in [0.15, 0.2) is 42.6 Å². The van der Waals surface area contributed by atoms with Crippen molar-refractivity contribution in [1.82, 2.24) is 9.78 Å². The van der Waals surface area contributed by atoms with Crippen LogP contribution in [0.25, 0.3) is 0 Å². The third-order valence-corrected chi connectivity index (χ3v) is 6.06. The second kappa shape index (κ2) is 8.92. The topological polar surface area (TPSA) is 77.4 Å². The molecule has 0 radical (unpaired) electrons. The Kier molecular flexibility index (Phi) is 6.16. The van der Waals surface area contributed by atoms with Crippen molar-refractivity contribution >= 4 is 17.4 Å². The second-order valence-electron chi connectivity index (χ2n) is 8.21. The molecular weight excluding hydrogens is 449 g/mol. The molecule has 2 N–H and O–H groups in total. The summed E-state index contributed by atoms with van der Waals surface area (Å²) in [5.41, 5.74) is 3.19. The first-order valence-electron chi connectivity index (χ1n) is 10.6. The van der Waals surface area contributed by atoms with Gasteiger partial charge in [0.25, 0.3) is 5.91 Å². The Morgan fingerprint density at radius 2 is 1.82 bits per heavy atom. The fourth-order valence-corrected chi connectivity index (χ4v) is 4.03. The lowest BCUT2D eigenvalue weighted by atomic mass is 9.96. The summed E-state index contributed by atoms with van der Waals surface area (Å²) in [6.45, 7) is 3.86. The molecule has 34 heavy (non-hydrogen) atoms. The number of carbonyl (C=O) groups excluding carboxylic acids is 1. The molecule has 0 unspecified atom stereocenters. The van der Waals surface area contributed by atoms with E-state index in [2.05, 4.69) is 15.7 Å². The van der Waals surface area contributed by atoms with Crippen LogP contribution in [0.3, 0.4) is 0 Å². The highest BCUT2D eigenvalue weighted by molar-refractivity contribution is 6.07. The number of aryl methyl sites for hydroxylation is 2. The van der Waals surface area contributed by atoms with Gasteiger partial charge in [-0.2, -0.15) is 18.3 Å². The summed E-state index contributed by atoms with van der Waals surface area (Å²) in [6.07, 6.45) is -3.69. The van der Waals surface area contributed by atoms with E-state index in [0.717, 1.165) is 22.0 Å². The number of fused-ring (bicyclic) bond motifs is 1. The van der Waals surface area contributed by atoms with E-state index in [1.54, 1.807) is 24.3 Å². The molecule has 4 rings (SSSR count). The molecule has 10 heteroatoms. The Balaban J connectivity index is 1.69. The van der Waals surface area contributed by atoms with Crippen molar-refractivity contribution < 1.29 is 27.4 Å². The minimum Gasteiger partial charge on any atom is -0.493 e. The first kappa shape index (κ1) is 23.5. The number of nitrogens with zero attached hydrogens (tertiary/aromatic N) is 2. The number of halogens is 3. The number of carbonyl (C=O) groups is 1. The van der Waals surface area contributed by atoms with E-state index in [4.69, 9.17) is 9.47 Å². The molecule has 0 aliphatic carbocycles. The first-order chi connectivity index (χ1) is 16.1. The molecule has 7 nitrogen and oxygen atoms in total. The molecule has 2 aromatic carbocycles. The number of rotatable bonds is 5. The van der Waals surface area contributed by atoms with Crippen LogP contribution in [0.5, 0.6) is 11.5 Å². The van der Waals surface area contributed by atoms with Gasteiger partial charge in [0.15, 0.2) is 17.5 Å². The molecule has 3 aromatic rings. The van der Waals surface area contributed by atoms with Gasteiger partial charge in [-0.3, -0.25) is 4.79 Å². The molecule has 2 heterocycles. The maximum atomic E-state index is 14.0. The maximum absolute atomic E-state index is 14.0. The van der Waals surface area contributed by atoms with Gasteiger partial charge < -0.3 is 20.1 Å². The number of nitrogens with one attached hydrogen (secondary N) is 2. The molecule has 0 fully saturated rings. The Bertz CT molecular complexity index is 1220. The normalized spacial score (nSPS) is 17.5. The van der Waals surface area contributed by atoms with Gasteiger partial charge in [0.05, 0.1) is 26.5 Å². The highest BCUT2D eigenvalue weighted by atomic mass is 19.4. The van der Waals surface area contributed by atoms with Crippen LogP contribution in [0, 0.1) is 13.8 Å². The van der Waals surface area contributed by atoms with Crippen LogP contribution in [0.2, 0.25) is 0 Å². The molecule has 1 aliphatic rings. The van der Waals surface area contributed by atoms with E-state index in [-0.39, 0.29) is 17.8 Å². The predicted molar refractivity (Wildman–Crippen MR) is 122 cm³/mol. The number of aromatic nitrogens is 2. The maximum Gasteiger partial charge on any atom is 0.410 e. The summed E-state index contributed by atoms with van der Waals surface area (Å²) >= 11 is 0. The summed E-state index contributed by atoms with van der Waals surface area (Å²) in [5, 5.41) is 9.75. The van der Waals surface area contributed by atoms with Crippen LogP contribution < -0.4 is 20.1 Å². The van der Waals surface area contributed by atoms with Crippen molar-refractivity contribution in [2.45, 2.75) is 38.5 Å². The third-order valence-electron chi connectivity index (χ3n) is 6.06. The highest BCUT2D eigenvalue weighted by Crippen LogP contribution is 2.45. The average Bonchev–Trinajstić information content (AvgIpc) is 3.23. The van der Waals surface area contributed by atoms with E-state index >= 15 is 0 Å². The monoisotopic (exact) mass is 474 g/mol. The number of hydrogen-bond acceptors (Lipinski definition) is 5. The van der Waals surface area contributed by atoms with Gasteiger partial charge in [-0.25, -0.2) is 4.68 Å². The number of anilines is 2. The first-order valence-corrected chi connectivity index (χ1v) is 10.6. The molecule has 1 amide bonds. The van der Waals surface area contributed by atoms with Crippen LogP contribution in [0.1, 0.15) is 45.6 Å².